The summed E-state index contributed by atoms with van der Waals surface area (Å²) in [4.78, 5) is 15.8. The Balaban J connectivity index is 2.29. The van der Waals surface area contributed by atoms with Crippen molar-refractivity contribution in [2.45, 2.75) is 6.42 Å². The molecule has 1 aliphatic rings. The van der Waals surface area contributed by atoms with Crippen molar-refractivity contribution in [1.82, 2.24) is 4.98 Å². The highest BCUT2D eigenvalue weighted by Gasteiger charge is 2.34. The number of halogens is 1. The summed E-state index contributed by atoms with van der Waals surface area (Å²) in [6.07, 6.45) is 1.69. The number of hydrogen-bond acceptors (Lipinski definition) is 5. The van der Waals surface area contributed by atoms with Gasteiger partial charge in [-0.05, 0) is 12.5 Å². The van der Waals surface area contributed by atoms with E-state index in [1.165, 1.54) is 12.3 Å². The van der Waals surface area contributed by atoms with Crippen LogP contribution in [0.4, 0.5) is 5.82 Å². The second-order valence-electron chi connectivity index (χ2n) is 4.05. The molecule has 17 heavy (non-hydrogen) atoms. The number of rotatable bonds is 2. The van der Waals surface area contributed by atoms with Gasteiger partial charge in [0.2, 0.25) is 0 Å². The molecular weight excluding hydrogens is 264 g/mol. The molecule has 0 radical (unpaired) electrons. The zero-order valence-corrected chi connectivity index (χ0v) is 10.5. The van der Waals surface area contributed by atoms with Crippen molar-refractivity contribution in [2.24, 2.45) is 5.92 Å². The normalized spacial score (nSPS) is 22.5. The van der Waals surface area contributed by atoms with E-state index in [0.717, 1.165) is 0 Å². The largest absolute Gasteiger partial charge is 0.383 e. The van der Waals surface area contributed by atoms with Crippen molar-refractivity contribution in [3.05, 3.63) is 22.8 Å². The molecule has 1 saturated heterocycles. The third-order valence-electron chi connectivity index (χ3n) is 2.75. The molecule has 0 spiro atoms. The summed E-state index contributed by atoms with van der Waals surface area (Å²) in [5.41, 5.74) is 5.79. The van der Waals surface area contributed by atoms with Gasteiger partial charge in [0.15, 0.2) is 15.6 Å². The van der Waals surface area contributed by atoms with Crippen LogP contribution >= 0.6 is 11.6 Å². The van der Waals surface area contributed by atoms with Gasteiger partial charge in [-0.3, -0.25) is 4.79 Å². The maximum absolute atomic E-state index is 12.1. The number of pyridine rings is 1. The number of aromatic nitrogens is 1. The number of anilines is 1. The number of carbonyl (C=O) groups is 1. The highest BCUT2D eigenvalue weighted by molar-refractivity contribution is 7.91. The summed E-state index contributed by atoms with van der Waals surface area (Å²) >= 11 is 5.74. The number of nitrogen functional groups attached to an aromatic ring is 1. The molecule has 2 N–H and O–H groups in total. The monoisotopic (exact) mass is 274 g/mol. The Kier molecular flexibility index (Phi) is 3.09. The minimum absolute atomic E-state index is 0.0529. The molecule has 1 atom stereocenters. The Morgan fingerprint density at radius 3 is 2.82 bits per heavy atom. The number of Topliss-reactive ketones (excluding diaryl/α,β-unsaturated/α-hetero) is 1. The van der Waals surface area contributed by atoms with Crippen molar-refractivity contribution in [1.29, 1.82) is 0 Å². The molecule has 1 aliphatic heterocycles. The Labute approximate surface area is 104 Å². The molecule has 0 amide bonds. The molecule has 1 fully saturated rings. The van der Waals surface area contributed by atoms with Gasteiger partial charge in [0.25, 0.3) is 0 Å². The number of nitrogens with two attached hydrogens (primary N) is 1. The standard InChI is InChI=1S/C10H11ClN2O3S/c11-7-3-8(10(12)13-4-7)9(14)6-1-2-17(15,16)5-6/h3-4,6H,1-2,5H2,(H2,12,13). The smallest absolute Gasteiger partial charge is 0.170 e. The third kappa shape index (κ3) is 2.58. The van der Waals surface area contributed by atoms with Crippen LogP contribution in [-0.2, 0) is 9.84 Å². The summed E-state index contributed by atoms with van der Waals surface area (Å²) in [5.74, 6) is -0.792. The minimum atomic E-state index is -3.09. The fraction of sp³-hybridized carbons (Fsp3) is 0.400. The van der Waals surface area contributed by atoms with Crippen LogP contribution in [0.3, 0.4) is 0 Å². The molecule has 1 aromatic heterocycles. The van der Waals surface area contributed by atoms with Gasteiger partial charge in [0.05, 0.1) is 22.1 Å². The zero-order chi connectivity index (χ0) is 12.6. The maximum Gasteiger partial charge on any atom is 0.170 e. The summed E-state index contributed by atoms with van der Waals surface area (Å²) in [6, 6.07) is 1.43. The van der Waals surface area contributed by atoms with E-state index in [0.29, 0.717) is 11.4 Å². The maximum atomic E-state index is 12.1. The Morgan fingerprint density at radius 1 is 1.53 bits per heavy atom. The van der Waals surface area contributed by atoms with Crippen molar-refractivity contribution >= 4 is 33.0 Å². The van der Waals surface area contributed by atoms with Crippen LogP contribution in [0.1, 0.15) is 16.8 Å². The molecule has 1 aromatic rings. The van der Waals surface area contributed by atoms with Crippen LogP contribution in [0, 0.1) is 5.92 Å². The first-order chi connectivity index (χ1) is 7.89. The van der Waals surface area contributed by atoms with E-state index in [9.17, 15) is 13.2 Å². The lowest BCUT2D eigenvalue weighted by Crippen LogP contribution is -2.18. The van der Waals surface area contributed by atoms with E-state index in [1.54, 1.807) is 0 Å². The fourth-order valence-corrected chi connectivity index (χ4v) is 3.77. The highest BCUT2D eigenvalue weighted by Crippen LogP contribution is 2.25. The predicted molar refractivity (Wildman–Crippen MR) is 64.8 cm³/mol. The van der Waals surface area contributed by atoms with Crippen LogP contribution < -0.4 is 5.73 Å². The van der Waals surface area contributed by atoms with Crippen LogP contribution in [0.15, 0.2) is 12.3 Å². The number of nitrogens with zero attached hydrogens (tertiary/aromatic N) is 1. The molecule has 0 bridgehead atoms. The number of carbonyl (C=O) groups excluding carboxylic acids is 1. The summed E-state index contributed by atoms with van der Waals surface area (Å²) in [5, 5.41) is 0.309. The summed E-state index contributed by atoms with van der Waals surface area (Å²) in [6.45, 7) is 0. The third-order valence-corrected chi connectivity index (χ3v) is 4.73. The average Bonchev–Trinajstić information content (AvgIpc) is 2.61. The van der Waals surface area contributed by atoms with Gasteiger partial charge in [-0.15, -0.1) is 0 Å². The van der Waals surface area contributed by atoms with E-state index in [1.807, 2.05) is 0 Å². The van der Waals surface area contributed by atoms with E-state index in [2.05, 4.69) is 4.98 Å². The highest BCUT2D eigenvalue weighted by atomic mass is 35.5. The summed E-state index contributed by atoms with van der Waals surface area (Å²) in [7, 11) is -3.09. The second-order valence-corrected chi connectivity index (χ2v) is 6.72. The van der Waals surface area contributed by atoms with Crippen LogP contribution in [-0.4, -0.2) is 30.7 Å². The first kappa shape index (κ1) is 12.3. The molecule has 0 aliphatic carbocycles. The Bertz CT molecular complexity index is 571. The fourth-order valence-electron chi connectivity index (χ4n) is 1.87. The van der Waals surface area contributed by atoms with E-state index >= 15 is 0 Å². The van der Waals surface area contributed by atoms with Crippen molar-refractivity contribution in [2.75, 3.05) is 17.2 Å². The molecule has 0 saturated carbocycles. The van der Waals surface area contributed by atoms with Gasteiger partial charge in [-0.1, -0.05) is 11.6 Å². The lowest BCUT2D eigenvalue weighted by Gasteiger charge is -2.08. The number of ketones is 1. The SMILES string of the molecule is Nc1ncc(Cl)cc1C(=O)C1CCS(=O)(=O)C1. The Hall–Kier alpha value is -1.14. The van der Waals surface area contributed by atoms with Gasteiger partial charge >= 0.3 is 0 Å². The van der Waals surface area contributed by atoms with Gasteiger partial charge < -0.3 is 5.73 Å². The van der Waals surface area contributed by atoms with Crippen LogP contribution in [0.25, 0.3) is 0 Å². The minimum Gasteiger partial charge on any atom is -0.383 e. The lowest BCUT2D eigenvalue weighted by molar-refractivity contribution is 0.0934. The first-order valence-corrected chi connectivity index (χ1v) is 7.24. The van der Waals surface area contributed by atoms with Gasteiger partial charge in [0.1, 0.15) is 5.82 Å². The summed E-state index contributed by atoms with van der Waals surface area (Å²) < 4.78 is 22.6. The van der Waals surface area contributed by atoms with E-state index < -0.39 is 15.8 Å². The van der Waals surface area contributed by atoms with Gasteiger partial charge in [-0.25, -0.2) is 13.4 Å². The number of sulfone groups is 1. The molecule has 2 heterocycles. The van der Waals surface area contributed by atoms with Gasteiger partial charge in [0, 0.05) is 12.1 Å². The van der Waals surface area contributed by atoms with Crippen LogP contribution in [0.2, 0.25) is 5.02 Å². The molecule has 92 valence electrons. The quantitative estimate of drug-likeness (QED) is 0.811. The van der Waals surface area contributed by atoms with E-state index in [-0.39, 0.29) is 28.7 Å². The van der Waals surface area contributed by atoms with Crippen molar-refractivity contribution in [3.8, 4) is 0 Å². The second kappa shape index (κ2) is 4.27. The average molecular weight is 275 g/mol. The molecule has 2 rings (SSSR count). The van der Waals surface area contributed by atoms with E-state index in [4.69, 9.17) is 17.3 Å². The predicted octanol–water partition coefficient (Wildman–Crippen LogP) is 0.935. The first-order valence-electron chi connectivity index (χ1n) is 5.05. The molecule has 5 nitrogen and oxygen atoms in total. The van der Waals surface area contributed by atoms with Crippen molar-refractivity contribution in [3.63, 3.8) is 0 Å². The van der Waals surface area contributed by atoms with Crippen molar-refractivity contribution < 1.29 is 13.2 Å². The topological polar surface area (TPSA) is 90.1 Å². The zero-order valence-electron chi connectivity index (χ0n) is 8.89. The van der Waals surface area contributed by atoms with Crippen LogP contribution in [0.5, 0.6) is 0 Å². The molecule has 7 heteroatoms. The molecule has 1 unspecified atom stereocenters. The molecule has 0 aromatic carbocycles. The Morgan fingerprint density at radius 2 is 2.24 bits per heavy atom. The van der Waals surface area contributed by atoms with Gasteiger partial charge in [-0.2, -0.15) is 0 Å². The molecular formula is C10H11ClN2O3S. The lowest BCUT2D eigenvalue weighted by atomic mass is 9.98. The number of hydrogen-bond donors (Lipinski definition) is 1.